The van der Waals surface area contributed by atoms with E-state index >= 15 is 0 Å². The Balaban J connectivity index is 2.33. The van der Waals surface area contributed by atoms with Crippen molar-refractivity contribution in [3.63, 3.8) is 0 Å². The van der Waals surface area contributed by atoms with Crippen molar-refractivity contribution >= 4 is 0 Å². The monoisotopic (exact) mass is 216 g/mol. The van der Waals surface area contributed by atoms with Crippen molar-refractivity contribution in [1.82, 2.24) is 0 Å². The molecule has 0 aliphatic heterocycles. The van der Waals surface area contributed by atoms with E-state index < -0.39 is 5.54 Å². The highest BCUT2D eigenvalue weighted by Crippen LogP contribution is 2.36. The van der Waals surface area contributed by atoms with Crippen LogP contribution in [0.15, 0.2) is 24.3 Å². The van der Waals surface area contributed by atoms with E-state index in [0.29, 0.717) is 5.56 Å². The summed E-state index contributed by atoms with van der Waals surface area (Å²) >= 11 is 0. The molecule has 1 aliphatic rings. The number of rotatable bonds is 1. The van der Waals surface area contributed by atoms with E-state index in [9.17, 15) is 5.11 Å². The van der Waals surface area contributed by atoms with Gasteiger partial charge in [-0.15, -0.1) is 0 Å². The van der Waals surface area contributed by atoms with Gasteiger partial charge in [0.15, 0.2) is 0 Å². The number of aliphatic hydroxyl groups is 1. The molecule has 16 heavy (non-hydrogen) atoms. The first-order valence-electron chi connectivity index (χ1n) is 5.62. The van der Waals surface area contributed by atoms with Gasteiger partial charge in [-0.05, 0) is 37.3 Å². The number of hydrogen-bond donors (Lipinski definition) is 2. The molecule has 3 heteroatoms. The van der Waals surface area contributed by atoms with E-state index in [1.165, 1.54) is 0 Å². The quantitative estimate of drug-likeness (QED) is 0.749. The molecule has 1 aliphatic carbocycles. The van der Waals surface area contributed by atoms with E-state index in [-0.39, 0.29) is 6.10 Å². The lowest BCUT2D eigenvalue weighted by Crippen LogP contribution is -2.42. The Morgan fingerprint density at radius 1 is 1.31 bits per heavy atom. The molecule has 0 atom stereocenters. The first-order chi connectivity index (χ1) is 7.65. The van der Waals surface area contributed by atoms with E-state index in [0.717, 1.165) is 31.2 Å². The average molecular weight is 216 g/mol. The predicted octanol–water partition coefficient (Wildman–Crippen LogP) is 1.65. The summed E-state index contributed by atoms with van der Waals surface area (Å²) in [6, 6.07) is 9.68. The smallest absolute Gasteiger partial charge is 0.0995 e. The maximum absolute atomic E-state index is 9.49. The fourth-order valence-electron chi connectivity index (χ4n) is 2.40. The van der Waals surface area contributed by atoms with Crippen molar-refractivity contribution in [2.45, 2.75) is 37.3 Å². The Hall–Kier alpha value is -1.37. The molecule has 3 N–H and O–H groups in total. The van der Waals surface area contributed by atoms with Gasteiger partial charge in [-0.2, -0.15) is 5.26 Å². The molecule has 0 amide bonds. The number of nitrogens with zero attached hydrogens (tertiary/aromatic N) is 1. The van der Waals surface area contributed by atoms with Crippen LogP contribution in [0.1, 0.15) is 36.8 Å². The Morgan fingerprint density at radius 2 is 1.94 bits per heavy atom. The fraction of sp³-hybridized carbons (Fsp3) is 0.462. The molecule has 0 aromatic heterocycles. The number of hydrogen-bond acceptors (Lipinski definition) is 3. The zero-order chi connectivity index (χ0) is 11.6. The van der Waals surface area contributed by atoms with Gasteiger partial charge in [0.05, 0.1) is 17.7 Å². The zero-order valence-corrected chi connectivity index (χ0v) is 9.19. The van der Waals surface area contributed by atoms with E-state index in [4.69, 9.17) is 11.0 Å². The molecule has 0 saturated heterocycles. The van der Waals surface area contributed by atoms with Crippen LogP contribution in [0.2, 0.25) is 0 Å². The largest absolute Gasteiger partial charge is 0.393 e. The summed E-state index contributed by atoms with van der Waals surface area (Å²) in [6.07, 6.45) is 2.69. The third-order valence-electron chi connectivity index (χ3n) is 3.43. The Kier molecular flexibility index (Phi) is 2.95. The van der Waals surface area contributed by atoms with Crippen molar-refractivity contribution in [3.05, 3.63) is 35.4 Å². The van der Waals surface area contributed by atoms with Crippen LogP contribution >= 0.6 is 0 Å². The van der Waals surface area contributed by atoms with E-state index in [1.807, 2.05) is 18.2 Å². The topological polar surface area (TPSA) is 70.0 Å². The summed E-state index contributed by atoms with van der Waals surface area (Å²) in [7, 11) is 0. The van der Waals surface area contributed by atoms with Crippen molar-refractivity contribution in [2.75, 3.05) is 0 Å². The lowest BCUT2D eigenvalue weighted by atomic mass is 9.75. The SMILES string of the molecule is N#Cc1ccccc1C1(N)CCC(O)CC1. The highest BCUT2D eigenvalue weighted by atomic mass is 16.3. The molecule has 1 saturated carbocycles. The van der Waals surface area contributed by atoms with Crippen molar-refractivity contribution in [3.8, 4) is 6.07 Å². The predicted molar refractivity (Wildman–Crippen MR) is 61.5 cm³/mol. The standard InChI is InChI=1S/C13H16N2O/c14-9-10-3-1-2-4-12(10)13(15)7-5-11(16)6-8-13/h1-4,11,16H,5-8,15H2. The van der Waals surface area contributed by atoms with Gasteiger partial charge in [0.1, 0.15) is 0 Å². The maximum atomic E-state index is 9.49. The Bertz CT molecular complexity index is 414. The van der Waals surface area contributed by atoms with Gasteiger partial charge in [-0.1, -0.05) is 18.2 Å². The molecular formula is C13H16N2O. The maximum Gasteiger partial charge on any atom is 0.0995 e. The van der Waals surface area contributed by atoms with Gasteiger partial charge in [-0.25, -0.2) is 0 Å². The van der Waals surface area contributed by atoms with Crippen molar-refractivity contribution in [2.24, 2.45) is 5.73 Å². The van der Waals surface area contributed by atoms with Crippen LogP contribution in [0.5, 0.6) is 0 Å². The summed E-state index contributed by atoms with van der Waals surface area (Å²) in [5.41, 5.74) is 7.49. The third-order valence-corrected chi connectivity index (χ3v) is 3.43. The number of nitrogens with two attached hydrogens (primary N) is 1. The molecule has 84 valence electrons. The molecule has 0 radical (unpaired) electrons. The average Bonchev–Trinajstić information content (AvgIpc) is 2.33. The minimum Gasteiger partial charge on any atom is -0.393 e. The van der Waals surface area contributed by atoms with Crippen LogP contribution in [0.25, 0.3) is 0 Å². The molecule has 0 unspecified atom stereocenters. The van der Waals surface area contributed by atoms with Gasteiger partial charge in [0.25, 0.3) is 0 Å². The highest BCUT2D eigenvalue weighted by Gasteiger charge is 2.34. The number of benzene rings is 1. The minimum absolute atomic E-state index is 0.231. The fourth-order valence-corrected chi connectivity index (χ4v) is 2.40. The lowest BCUT2D eigenvalue weighted by Gasteiger charge is -2.36. The van der Waals surface area contributed by atoms with E-state index in [2.05, 4.69) is 6.07 Å². The van der Waals surface area contributed by atoms with Crippen LogP contribution < -0.4 is 5.73 Å². The molecule has 0 bridgehead atoms. The summed E-state index contributed by atoms with van der Waals surface area (Å²) < 4.78 is 0. The Labute approximate surface area is 95.5 Å². The van der Waals surface area contributed by atoms with Gasteiger partial charge >= 0.3 is 0 Å². The van der Waals surface area contributed by atoms with Crippen LogP contribution in [-0.2, 0) is 5.54 Å². The van der Waals surface area contributed by atoms with Gasteiger partial charge < -0.3 is 10.8 Å². The second kappa shape index (κ2) is 4.25. The lowest BCUT2D eigenvalue weighted by molar-refractivity contribution is 0.0968. The highest BCUT2D eigenvalue weighted by molar-refractivity contribution is 5.42. The molecule has 1 fully saturated rings. The molecule has 1 aromatic carbocycles. The number of nitriles is 1. The first kappa shape index (κ1) is 11.1. The van der Waals surface area contributed by atoms with Gasteiger partial charge in [-0.3, -0.25) is 0 Å². The normalized spacial score (nSPS) is 29.7. The molecule has 3 nitrogen and oxygen atoms in total. The van der Waals surface area contributed by atoms with Crippen LogP contribution in [-0.4, -0.2) is 11.2 Å². The molecule has 2 rings (SSSR count). The molecule has 1 aromatic rings. The van der Waals surface area contributed by atoms with Crippen molar-refractivity contribution < 1.29 is 5.11 Å². The van der Waals surface area contributed by atoms with Crippen molar-refractivity contribution in [1.29, 1.82) is 5.26 Å². The molecule has 0 spiro atoms. The summed E-state index contributed by atoms with van der Waals surface area (Å²) in [5, 5.41) is 18.6. The summed E-state index contributed by atoms with van der Waals surface area (Å²) in [5.74, 6) is 0. The number of aliphatic hydroxyl groups excluding tert-OH is 1. The second-order valence-corrected chi connectivity index (χ2v) is 4.54. The summed E-state index contributed by atoms with van der Waals surface area (Å²) in [4.78, 5) is 0. The van der Waals surface area contributed by atoms with Crippen LogP contribution in [0.3, 0.4) is 0 Å². The van der Waals surface area contributed by atoms with Gasteiger partial charge in [0, 0.05) is 5.54 Å². The summed E-state index contributed by atoms with van der Waals surface area (Å²) in [6.45, 7) is 0. The van der Waals surface area contributed by atoms with Crippen LogP contribution in [0.4, 0.5) is 0 Å². The minimum atomic E-state index is -0.439. The van der Waals surface area contributed by atoms with Gasteiger partial charge in [0.2, 0.25) is 0 Å². The zero-order valence-electron chi connectivity index (χ0n) is 9.19. The Morgan fingerprint density at radius 3 is 2.56 bits per heavy atom. The third kappa shape index (κ3) is 1.95. The van der Waals surface area contributed by atoms with E-state index in [1.54, 1.807) is 6.07 Å². The molecular weight excluding hydrogens is 200 g/mol. The second-order valence-electron chi connectivity index (χ2n) is 4.54. The van der Waals surface area contributed by atoms with Crippen LogP contribution in [0, 0.1) is 11.3 Å². The first-order valence-corrected chi connectivity index (χ1v) is 5.62. The molecule has 0 heterocycles.